The average molecular weight is 288 g/mol. The Balaban J connectivity index is 2.11. The number of nitrogens with one attached hydrogen (secondary N) is 1. The number of piperidine rings is 1. The van der Waals surface area contributed by atoms with Gasteiger partial charge in [-0.3, -0.25) is 4.79 Å². The molecule has 1 heterocycles. The molecule has 2 N–H and O–H groups in total. The number of urea groups is 1. The largest absolute Gasteiger partial charge is 0.481 e. The molecule has 2 amide bonds. The number of methoxy groups -OCH3 is 1. The normalized spacial score (nSPS) is 18.9. The Morgan fingerprint density at radius 3 is 2.85 bits per heavy atom. The topological polar surface area (TPSA) is 88.1 Å². The summed E-state index contributed by atoms with van der Waals surface area (Å²) in [5.41, 5.74) is 0. The molecule has 0 aromatic carbocycles. The average Bonchev–Trinajstić information content (AvgIpc) is 2.46. The SMILES string of the molecule is COCCOCCCNC(=O)N1CCC[C@@H](C(=O)O)C1. The van der Waals surface area contributed by atoms with Crippen LogP contribution in [0.5, 0.6) is 0 Å². The van der Waals surface area contributed by atoms with Crippen LogP contribution in [0.2, 0.25) is 0 Å². The second kappa shape index (κ2) is 9.55. The molecule has 1 aliphatic rings. The third kappa shape index (κ3) is 6.21. The molecule has 1 atom stereocenters. The van der Waals surface area contributed by atoms with Crippen LogP contribution in [0, 0.1) is 5.92 Å². The van der Waals surface area contributed by atoms with E-state index in [-0.39, 0.29) is 6.03 Å². The lowest BCUT2D eigenvalue weighted by Crippen LogP contribution is -2.47. The van der Waals surface area contributed by atoms with E-state index in [1.54, 1.807) is 12.0 Å². The van der Waals surface area contributed by atoms with Gasteiger partial charge in [0.2, 0.25) is 0 Å². The number of likely N-dealkylation sites (tertiary alicyclic amines) is 1. The van der Waals surface area contributed by atoms with E-state index >= 15 is 0 Å². The zero-order chi connectivity index (χ0) is 14.8. The molecule has 7 nitrogen and oxygen atoms in total. The highest BCUT2D eigenvalue weighted by atomic mass is 16.5. The van der Waals surface area contributed by atoms with Gasteiger partial charge >= 0.3 is 12.0 Å². The molecule has 116 valence electrons. The first-order valence-corrected chi connectivity index (χ1v) is 6.97. The van der Waals surface area contributed by atoms with Gasteiger partial charge < -0.3 is 24.8 Å². The minimum atomic E-state index is -0.825. The lowest BCUT2D eigenvalue weighted by molar-refractivity contribution is -0.143. The maximum Gasteiger partial charge on any atom is 0.317 e. The highest BCUT2D eigenvalue weighted by molar-refractivity contribution is 5.76. The Labute approximate surface area is 119 Å². The van der Waals surface area contributed by atoms with Gasteiger partial charge in [-0.1, -0.05) is 0 Å². The molecule has 20 heavy (non-hydrogen) atoms. The highest BCUT2D eigenvalue weighted by Crippen LogP contribution is 2.16. The number of aliphatic carboxylic acids is 1. The molecule has 1 fully saturated rings. The summed E-state index contributed by atoms with van der Waals surface area (Å²) < 4.78 is 10.1. The molecule has 0 aromatic heterocycles. The second-order valence-electron chi connectivity index (χ2n) is 4.81. The van der Waals surface area contributed by atoms with Crippen molar-refractivity contribution in [3.05, 3.63) is 0 Å². The molecule has 1 saturated heterocycles. The van der Waals surface area contributed by atoms with E-state index in [4.69, 9.17) is 14.6 Å². The molecule has 1 aliphatic heterocycles. The quantitative estimate of drug-likeness (QED) is 0.637. The summed E-state index contributed by atoms with van der Waals surface area (Å²) in [5, 5.41) is 11.8. The van der Waals surface area contributed by atoms with E-state index in [9.17, 15) is 9.59 Å². The van der Waals surface area contributed by atoms with Gasteiger partial charge in [-0.05, 0) is 19.3 Å². The van der Waals surface area contributed by atoms with Crippen molar-refractivity contribution in [3.63, 3.8) is 0 Å². The van der Waals surface area contributed by atoms with Crippen LogP contribution < -0.4 is 5.32 Å². The number of carbonyl (C=O) groups excluding carboxylic acids is 1. The number of carbonyl (C=O) groups is 2. The molecule has 0 radical (unpaired) electrons. The molecule has 7 heteroatoms. The summed E-state index contributed by atoms with van der Waals surface area (Å²) in [6.45, 7) is 3.14. The van der Waals surface area contributed by atoms with Crippen LogP contribution in [0.1, 0.15) is 19.3 Å². The van der Waals surface area contributed by atoms with Gasteiger partial charge in [0, 0.05) is 33.4 Å². The minimum Gasteiger partial charge on any atom is -0.481 e. The Hall–Kier alpha value is -1.34. The Morgan fingerprint density at radius 2 is 2.15 bits per heavy atom. The van der Waals surface area contributed by atoms with Crippen molar-refractivity contribution in [1.29, 1.82) is 0 Å². The van der Waals surface area contributed by atoms with Gasteiger partial charge in [0.1, 0.15) is 0 Å². The number of hydrogen-bond donors (Lipinski definition) is 2. The van der Waals surface area contributed by atoms with Crippen molar-refractivity contribution < 1.29 is 24.2 Å². The highest BCUT2D eigenvalue weighted by Gasteiger charge is 2.27. The van der Waals surface area contributed by atoms with Crippen molar-refractivity contribution >= 4 is 12.0 Å². The van der Waals surface area contributed by atoms with Crippen LogP contribution in [0.4, 0.5) is 4.79 Å². The molecule has 0 aromatic rings. The molecule has 1 rings (SSSR count). The fourth-order valence-electron chi connectivity index (χ4n) is 2.09. The molecular weight excluding hydrogens is 264 g/mol. The second-order valence-corrected chi connectivity index (χ2v) is 4.81. The van der Waals surface area contributed by atoms with Crippen LogP contribution in [0.15, 0.2) is 0 Å². The van der Waals surface area contributed by atoms with Crippen LogP contribution in [-0.2, 0) is 14.3 Å². The van der Waals surface area contributed by atoms with Gasteiger partial charge in [0.05, 0.1) is 19.1 Å². The summed E-state index contributed by atoms with van der Waals surface area (Å²) in [7, 11) is 1.62. The van der Waals surface area contributed by atoms with E-state index in [1.165, 1.54) is 0 Å². The number of carboxylic acid groups (broad SMARTS) is 1. The summed E-state index contributed by atoms with van der Waals surface area (Å²) in [4.78, 5) is 24.4. The Bertz CT molecular complexity index is 311. The Morgan fingerprint density at radius 1 is 1.35 bits per heavy atom. The van der Waals surface area contributed by atoms with Crippen molar-refractivity contribution in [2.75, 3.05) is 46.6 Å². The number of carboxylic acids is 1. The third-order valence-electron chi connectivity index (χ3n) is 3.23. The summed E-state index contributed by atoms with van der Waals surface area (Å²) in [6.07, 6.45) is 2.11. The zero-order valence-corrected chi connectivity index (χ0v) is 12.0. The van der Waals surface area contributed by atoms with E-state index in [0.29, 0.717) is 45.9 Å². The number of ether oxygens (including phenoxy) is 2. The van der Waals surface area contributed by atoms with Crippen LogP contribution in [0.25, 0.3) is 0 Å². The molecule has 0 bridgehead atoms. The van der Waals surface area contributed by atoms with Gasteiger partial charge in [-0.25, -0.2) is 4.79 Å². The fourth-order valence-corrected chi connectivity index (χ4v) is 2.09. The monoisotopic (exact) mass is 288 g/mol. The molecule has 0 spiro atoms. The van der Waals surface area contributed by atoms with E-state index in [1.807, 2.05) is 0 Å². The van der Waals surface area contributed by atoms with E-state index in [0.717, 1.165) is 12.8 Å². The lowest BCUT2D eigenvalue weighted by Gasteiger charge is -2.30. The first-order valence-electron chi connectivity index (χ1n) is 6.97. The van der Waals surface area contributed by atoms with Crippen LogP contribution in [0.3, 0.4) is 0 Å². The summed E-state index contributed by atoms with van der Waals surface area (Å²) in [5.74, 6) is -1.26. The van der Waals surface area contributed by atoms with Crippen molar-refractivity contribution in [2.24, 2.45) is 5.92 Å². The van der Waals surface area contributed by atoms with Crippen molar-refractivity contribution in [3.8, 4) is 0 Å². The summed E-state index contributed by atoms with van der Waals surface area (Å²) in [6, 6.07) is -0.187. The predicted octanol–water partition coefficient (Wildman–Crippen LogP) is 0.546. The lowest BCUT2D eigenvalue weighted by atomic mass is 9.99. The Kier molecular flexibility index (Phi) is 7.98. The van der Waals surface area contributed by atoms with E-state index < -0.39 is 11.9 Å². The van der Waals surface area contributed by atoms with Crippen molar-refractivity contribution in [1.82, 2.24) is 10.2 Å². The predicted molar refractivity (Wildman–Crippen MR) is 72.6 cm³/mol. The molecular formula is C13H24N2O5. The van der Waals surface area contributed by atoms with Crippen LogP contribution >= 0.6 is 0 Å². The molecule has 0 aliphatic carbocycles. The van der Waals surface area contributed by atoms with Crippen molar-refractivity contribution in [2.45, 2.75) is 19.3 Å². The van der Waals surface area contributed by atoms with Gasteiger partial charge in [0.15, 0.2) is 0 Å². The fraction of sp³-hybridized carbons (Fsp3) is 0.846. The summed E-state index contributed by atoms with van der Waals surface area (Å²) >= 11 is 0. The van der Waals surface area contributed by atoms with Crippen LogP contribution in [-0.4, -0.2) is 68.6 Å². The number of nitrogens with zero attached hydrogens (tertiary/aromatic N) is 1. The maximum absolute atomic E-state index is 11.9. The zero-order valence-electron chi connectivity index (χ0n) is 12.0. The minimum absolute atomic E-state index is 0.187. The van der Waals surface area contributed by atoms with Gasteiger partial charge in [0.25, 0.3) is 0 Å². The molecule has 0 unspecified atom stereocenters. The first-order chi connectivity index (χ1) is 9.65. The standard InChI is InChI=1S/C13H24N2O5/c1-19-8-9-20-7-3-5-14-13(18)15-6-2-4-11(10-15)12(16)17/h11H,2-10H2,1H3,(H,14,18)(H,16,17)/t11-/m1/s1. The first kappa shape index (κ1) is 16.7. The maximum atomic E-state index is 11.9. The number of rotatable bonds is 8. The van der Waals surface area contributed by atoms with Gasteiger partial charge in [-0.2, -0.15) is 0 Å². The van der Waals surface area contributed by atoms with Gasteiger partial charge in [-0.15, -0.1) is 0 Å². The number of amides is 2. The smallest absolute Gasteiger partial charge is 0.317 e. The third-order valence-corrected chi connectivity index (χ3v) is 3.23. The number of hydrogen-bond acceptors (Lipinski definition) is 4. The molecule has 0 saturated carbocycles. The van der Waals surface area contributed by atoms with E-state index in [2.05, 4.69) is 5.32 Å².